The number of para-hydroxylation sites is 1. The molecule has 0 spiro atoms. The van der Waals surface area contributed by atoms with Gasteiger partial charge in [0.2, 0.25) is 0 Å². The van der Waals surface area contributed by atoms with E-state index in [4.69, 9.17) is 0 Å². The number of anilines is 1. The SMILES string of the molecule is C[NH+](CC(=O)Nc1ccccc1C(F)(F)F)Cn1nnc2ccccc2c1=O. The normalized spacial score (nSPS) is 12.7. The molecule has 28 heavy (non-hydrogen) atoms. The zero-order chi connectivity index (χ0) is 20.3. The highest BCUT2D eigenvalue weighted by molar-refractivity contribution is 5.92. The van der Waals surface area contributed by atoms with Crippen LogP contribution in [0.3, 0.4) is 0 Å². The minimum Gasteiger partial charge on any atom is -0.321 e. The smallest absolute Gasteiger partial charge is 0.321 e. The van der Waals surface area contributed by atoms with Crippen molar-refractivity contribution in [2.45, 2.75) is 12.8 Å². The number of halogens is 3. The van der Waals surface area contributed by atoms with E-state index in [1.807, 2.05) is 0 Å². The Balaban J connectivity index is 1.69. The van der Waals surface area contributed by atoms with Crippen LogP contribution in [0.5, 0.6) is 0 Å². The molecule has 0 aliphatic carbocycles. The molecule has 2 aromatic carbocycles. The third-order valence-electron chi connectivity index (χ3n) is 4.02. The summed E-state index contributed by atoms with van der Waals surface area (Å²) in [7, 11) is 1.62. The Morgan fingerprint density at radius 2 is 1.82 bits per heavy atom. The molecule has 1 unspecified atom stereocenters. The number of hydrogen-bond donors (Lipinski definition) is 2. The standard InChI is InChI=1S/C18H16F3N5O2/c1-25(11-26-17(28)12-6-2-4-8-14(12)23-24-26)10-16(27)22-15-9-5-3-7-13(15)18(19,20)21/h2-9H,10-11H2,1H3,(H,22,27)/p+1. The van der Waals surface area contributed by atoms with E-state index in [9.17, 15) is 22.8 Å². The molecule has 0 fully saturated rings. The summed E-state index contributed by atoms with van der Waals surface area (Å²) in [4.78, 5) is 25.1. The molecule has 7 nitrogen and oxygen atoms in total. The molecule has 0 aliphatic heterocycles. The Morgan fingerprint density at radius 3 is 2.57 bits per heavy atom. The summed E-state index contributed by atoms with van der Waals surface area (Å²) in [5.41, 5.74) is -1.12. The molecule has 0 saturated heterocycles. The Bertz CT molecular complexity index is 1060. The number of aromatic nitrogens is 3. The predicted octanol–water partition coefficient (Wildman–Crippen LogP) is 0.921. The molecule has 3 aromatic rings. The maximum absolute atomic E-state index is 13.0. The van der Waals surface area contributed by atoms with Gasteiger partial charge in [-0.3, -0.25) is 9.59 Å². The number of nitrogens with one attached hydrogen (secondary N) is 2. The summed E-state index contributed by atoms with van der Waals surface area (Å²) < 4.78 is 40.2. The molecular formula is C18H17F3N5O2+. The fourth-order valence-corrected chi connectivity index (χ4v) is 2.75. The number of quaternary nitrogens is 1. The van der Waals surface area contributed by atoms with Crippen molar-refractivity contribution in [1.29, 1.82) is 0 Å². The van der Waals surface area contributed by atoms with E-state index in [1.165, 1.54) is 18.2 Å². The number of carbonyl (C=O) groups excluding carboxylic acids is 1. The summed E-state index contributed by atoms with van der Waals surface area (Å²) in [5.74, 6) is -0.615. The van der Waals surface area contributed by atoms with E-state index >= 15 is 0 Å². The average Bonchev–Trinajstić information content (AvgIpc) is 2.63. The van der Waals surface area contributed by atoms with Crippen LogP contribution in [0, 0.1) is 0 Å². The fourth-order valence-electron chi connectivity index (χ4n) is 2.75. The third-order valence-corrected chi connectivity index (χ3v) is 4.02. The van der Waals surface area contributed by atoms with Gasteiger partial charge in [0, 0.05) is 0 Å². The van der Waals surface area contributed by atoms with Gasteiger partial charge in [0.25, 0.3) is 11.5 Å². The second kappa shape index (κ2) is 7.77. The minimum absolute atomic E-state index is 0.0327. The first-order valence-corrected chi connectivity index (χ1v) is 8.35. The van der Waals surface area contributed by atoms with Gasteiger partial charge < -0.3 is 10.2 Å². The molecule has 146 valence electrons. The largest absolute Gasteiger partial charge is 0.418 e. The molecular weight excluding hydrogens is 375 g/mol. The first-order chi connectivity index (χ1) is 13.3. The average molecular weight is 392 g/mol. The lowest BCUT2D eigenvalue weighted by Crippen LogP contribution is -3.09. The molecule has 0 saturated carbocycles. The van der Waals surface area contributed by atoms with Gasteiger partial charge in [-0.1, -0.05) is 29.5 Å². The molecule has 1 atom stereocenters. The molecule has 1 heterocycles. The molecule has 2 N–H and O–H groups in total. The van der Waals surface area contributed by atoms with Crippen LogP contribution in [0.4, 0.5) is 18.9 Å². The second-order valence-electron chi connectivity index (χ2n) is 6.29. The zero-order valence-electron chi connectivity index (χ0n) is 14.8. The van der Waals surface area contributed by atoms with E-state index < -0.39 is 17.6 Å². The first-order valence-electron chi connectivity index (χ1n) is 8.35. The van der Waals surface area contributed by atoms with Crippen molar-refractivity contribution >= 4 is 22.5 Å². The topological polar surface area (TPSA) is 81.3 Å². The second-order valence-corrected chi connectivity index (χ2v) is 6.29. The number of likely N-dealkylation sites (N-methyl/N-ethyl adjacent to an activating group) is 1. The predicted molar refractivity (Wildman–Crippen MR) is 95.6 cm³/mol. The van der Waals surface area contributed by atoms with Gasteiger partial charge in [0.05, 0.1) is 23.7 Å². The lowest BCUT2D eigenvalue weighted by Gasteiger charge is -2.16. The highest BCUT2D eigenvalue weighted by Crippen LogP contribution is 2.34. The van der Waals surface area contributed by atoms with E-state index in [1.54, 1.807) is 31.3 Å². The first kappa shape index (κ1) is 19.5. The van der Waals surface area contributed by atoms with Crippen molar-refractivity contribution in [2.75, 3.05) is 18.9 Å². The summed E-state index contributed by atoms with van der Waals surface area (Å²) in [6.45, 7) is -0.127. The van der Waals surface area contributed by atoms with Crippen LogP contribution in [-0.2, 0) is 17.6 Å². The van der Waals surface area contributed by atoms with Crippen LogP contribution in [0.2, 0.25) is 0 Å². The van der Waals surface area contributed by atoms with E-state index in [0.29, 0.717) is 15.8 Å². The number of nitrogens with zero attached hydrogens (tertiary/aromatic N) is 3. The van der Waals surface area contributed by atoms with Gasteiger partial charge in [-0.05, 0) is 24.3 Å². The van der Waals surface area contributed by atoms with Gasteiger partial charge in [-0.25, -0.2) is 0 Å². The zero-order valence-corrected chi connectivity index (χ0v) is 14.8. The molecule has 1 amide bonds. The summed E-state index contributed by atoms with van der Waals surface area (Å²) >= 11 is 0. The number of benzene rings is 2. The van der Waals surface area contributed by atoms with Crippen molar-refractivity contribution in [3.8, 4) is 0 Å². The van der Waals surface area contributed by atoms with Crippen LogP contribution in [-0.4, -0.2) is 34.5 Å². The fraction of sp³-hybridized carbons (Fsp3) is 0.222. The Hall–Kier alpha value is -3.27. The van der Waals surface area contributed by atoms with Crippen LogP contribution in [0.1, 0.15) is 5.56 Å². The van der Waals surface area contributed by atoms with Gasteiger partial charge >= 0.3 is 6.18 Å². The quantitative estimate of drug-likeness (QED) is 0.677. The third kappa shape index (κ3) is 4.34. The molecule has 1 aromatic heterocycles. The van der Waals surface area contributed by atoms with Crippen molar-refractivity contribution in [1.82, 2.24) is 15.0 Å². The number of hydrogen-bond acceptors (Lipinski definition) is 4. The van der Waals surface area contributed by atoms with Crippen LogP contribution >= 0.6 is 0 Å². The summed E-state index contributed by atoms with van der Waals surface area (Å²) in [6, 6.07) is 11.5. The van der Waals surface area contributed by atoms with E-state index in [0.717, 1.165) is 10.7 Å². The number of amides is 1. The highest BCUT2D eigenvalue weighted by Gasteiger charge is 2.33. The van der Waals surface area contributed by atoms with Gasteiger partial charge in [-0.2, -0.15) is 17.9 Å². The number of fused-ring (bicyclic) bond motifs is 1. The lowest BCUT2D eigenvalue weighted by molar-refractivity contribution is -0.895. The van der Waals surface area contributed by atoms with Crippen molar-refractivity contribution in [3.05, 3.63) is 64.4 Å². The Kier molecular flexibility index (Phi) is 5.41. The number of rotatable bonds is 5. The van der Waals surface area contributed by atoms with Crippen molar-refractivity contribution in [3.63, 3.8) is 0 Å². The van der Waals surface area contributed by atoms with Gasteiger partial charge in [-0.15, -0.1) is 5.10 Å². The monoisotopic (exact) mass is 392 g/mol. The summed E-state index contributed by atoms with van der Waals surface area (Å²) in [6.07, 6.45) is -4.57. The lowest BCUT2D eigenvalue weighted by atomic mass is 10.1. The molecule has 0 aliphatic rings. The van der Waals surface area contributed by atoms with Gasteiger partial charge in [0.1, 0.15) is 5.52 Å². The van der Waals surface area contributed by atoms with Crippen molar-refractivity contribution < 1.29 is 22.9 Å². The molecule has 3 rings (SSSR count). The van der Waals surface area contributed by atoms with Crippen molar-refractivity contribution in [2.24, 2.45) is 0 Å². The van der Waals surface area contributed by atoms with Gasteiger partial charge in [0.15, 0.2) is 13.2 Å². The van der Waals surface area contributed by atoms with Crippen LogP contribution in [0.25, 0.3) is 10.9 Å². The number of carbonyl (C=O) groups is 1. The maximum atomic E-state index is 13.0. The van der Waals surface area contributed by atoms with E-state index in [-0.39, 0.29) is 24.5 Å². The minimum atomic E-state index is -4.57. The number of alkyl halides is 3. The van der Waals surface area contributed by atoms with Crippen LogP contribution < -0.4 is 15.8 Å². The Morgan fingerprint density at radius 1 is 1.14 bits per heavy atom. The van der Waals surface area contributed by atoms with E-state index in [2.05, 4.69) is 15.6 Å². The maximum Gasteiger partial charge on any atom is 0.418 e. The molecule has 0 bridgehead atoms. The molecule has 10 heteroatoms. The molecule has 0 radical (unpaired) electrons. The Labute approximate surface area is 157 Å². The summed E-state index contributed by atoms with van der Waals surface area (Å²) in [5, 5.41) is 10.5. The van der Waals surface area contributed by atoms with Crippen LogP contribution in [0.15, 0.2) is 53.3 Å². The highest BCUT2D eigenvalue weighted by atomic mass is 19.4.